The van der Waals surface area contributed by atoms with E-state index in [-0.39, 0.29) is 23.5 Å². The Hall–Kier alpha value is -3.75. The average molecular weight is 381 g/mol. The third-order valence-corrected chi connectivity index (χ3v) is 4.81. The van der Waals surface area contributed by atoms with Gasteiger partial charge in [0.15, 0.2) is 0 Å². The van der Waals surface area contributed by atoms with Gasteiger partial charge in [0.1, 0.15) is 0 Å². The Kier molecular flexibility index (Phi) is 3.88. The molecule has 1 saturated heterocycles. The summed E-state index contributed by atoms with van der Waals surface area (Å²) in [7, 11) is 0. The monoisotopic (exact) mass is 381 g/mol. The largest absolute Gasteiger partial charge is 0.421 e. The predicted molar refractivity (Wildman–Crippen MR) is 96.5 cm³/mol. The number of nitrogens with zero attached hydrogens (tertiary/aromatic N) is 3. The minimum Gasteiger partial charge on any atom is -0.421 e. The minimum atomic E-state index is -1.86. The maximum Gasteiger partial charge on any atom is 0.341 e. The molecule has 28 heavy (non-hydrogen) atoms. The van der Waals surface area contributed by atoms with Crippen LogP contribution in [0.15, 0.2) is 48.5 Å². The molecule has 1 spiro atoms. The molecule has 0 N–H and O–H groups in total. The molecule has 9 nitrogen and oxygen atoms in total. The number of amides is 3. The van der Waals surface area contributed by atoms with E-state index in [1.54, 1.807) is 24.3 Å². The van der Waals surface area contributed by atoms with Crippen LogP contribution in [0.5, 0.6) is 0 Å². The zero-order valence-electron chi connectivity index (χ0n) is 14.8. The number of imide groups is 1. The number of anilines is 1. The normalized spacial score (nSPS) is 20.7. The van der Waals surface area contributed by atoms with Crippen LogP contribution in [0, 0.1) is 10.1 Å². The number of rotatable bonds is 4. The number of nitro benzene ring substituents is 1. The maximum absolute atomic E-state index is 13.4. The first kappa shape index (κ1) is 17.7. The Morgan fingerprint density at radius 3 is 2.39 bits per heavy atom. The molecule has 0 aromatic heterocycles. The summed E-state index contributed by atoms with van der Waals surface area (Å²) < 4.78 is 5.51. The van der Waals surface area contributed by atoms with Gasteiger partial charge < -0.3 is 4.74 Å². The molecule has 1 unspecified atom stereocenters. The number of fused-ring (bicyclic) bond motifs is 2. The summed E-state index contributed by atoms with van der Waals surface area (Å²) in [4.78, 5) is 51.3. The van der Waals surface area contributed by atoms with Crippen LogP contribution in [0.25, 0.3) is 0 Å². The minimum absolute atomic E-state index is 0.166. The SMILES string of the molecule is CCCN1C(=O)N(c2ccc([N+](=O)[O-])cc2)C(=O)C12OC(=O)c1ccccc12. The molecule has 0 bridgehead atoms. The van der Waals surface area contributed by atoms with Gasteiger partial charge in [0.2, 0.25) is 0 Å². The Morgan fingerprint density at radius 1 is 1.07 bits per heavy atom. The van der Waals surface area contributed by atoms with Crippen LogP contribution in [-0.4, -0.2) is 34.3 Å². The summed E-state index contributed by atoms with van der Waals surface area (Å²) in [5.41, 5.74) is -1.31. The molecule has 2 aliphatic heterocycles. The van der Waals surface area contributed by atoms with E-state index in [0.717, 1.165) is 4.90 Å². The molecule has 9 heteroatoms. The topological polar surface area (TPSA) is 110 Å². The average Bonchev–Trinajstić information content (AvgIpc) is 3.10. The van der Waals surface area contributed by atoms with Gasteiger partial charge >= 0.3 is 17.9 Å². The molecule has 3 amide bonds. The number of hydrogen-bond acceptors (Lipinski definition) is 6. The van der Waals surface area contributed by atoms with E-state index in [0.29, 0.717) is 12.0 Å². The smallest absolute Gasteiger partial charge is 0.341 e. The molecule has 0 saturated carbocycles. The molecular weight excluding hydrogens is 366 g/mol. The number of carbonyl (C=O) groups excluding carboxylic acids is 3. The van der Waals surface area contributed by atoms with Crippen LogP contribution < -0.4 is 4.90 Å². The molecule has 1 atom stereocenters. The van der Waals surface area contributed by atoms with E-state index in [4.69, 9.17) is 4.74 Å². The Morgan fingerprint density at radius 2 is 1.75 bits per heavy atom. The van der Waals surface area contributed by atoms with Crippen molar-refractivity contribution in [2.45, 2.75) is 19.1 Å². The van der Waals surface area contributed by atoms with Gasteiger partial charge in [-0.15, -0.1) is 0 Å². The molecule has 4 rings (SSSR count). The van der Waals surface area contributed by atoms with E-state index < -0.39 is 28.6 Å². The number of ether oxygens (including phenoxy) is 1. The molecule has 0 aliphatic carbocycles. The van der Waals surface area contributed by atoms with Crippen LogP contribution in [0.2, 0.25) is 0 Å². The number of benzene rings is 2. The third kappa shape index (κ3) is 2.22. The van der Waals surface area contributed by atoms with Crippen molar-refractivity contribution in [2.24, 2.45) is 0 Å². The van der Waals surface area contributed by atoms with Gasteiger partial charge in [-0.1, -0.05) is 25.1 Å². The molecule has 2 aromatic carbocycles. The van der Waals surface area contributed by atoms with Gasteiger partial charge in [0.05, 0.1) is 16.2 Å². The lowest BCUT2D eigenvalue weighted by molar-refractivity contribution is -0.384. The lowest BCUT2D eigenvalue weighted by atomic mass is 9.98. The van der Waals surface area contributed by atoms with E-state index in [2.05, 4.69) is 0 Å². The quantitative estimate of drug-likeness (QED) is 0.349. The fourth-order valence-corrected chi connectivity index (χ4v) is 3.60. The van der Waals surface area contributed by atoms with Crippen molar-refractivity contribution in [1.82, 2.24) is 4.90 Å². The summed E-state index contributed by atoms with van der Waals surface area (Å²) in [6.07, 6.45) is 0.536. The van der Waals surface area contributed by atoms with Gasteiger partial charge in [0, 0.05) is 24.2 Å². The highest BCUT2D eigenvalue weighted by atomic mass is 16.6. The lowest BCUT2D eigenvalue weighted by Gasteiger charge is -2.30. The highest BCUT2D eigenvalue weighted by Gasteiger charge is 2.65. The molecule has 0 radical (unpaired) electrons. The van der Waals surface area contributed by atoms with Crippen LogP contribution in [0.4, 0.5) is 16.2 Å². The summed E-state index contributed by atoms with van der Waals surface area (Å²) >= 11 is 0. The van der Waals surface area contributed by atoms with Gasteiger partial charge in [-0.25, -0.2) is 14.5 Å². The molecule has 2 aromatic rings. The number of carbonyl (C=O) groups is 3. The Labute approximate surface area is 159 Å². The van der Waals surface area contributed by atoms with Gasteiger partial charge in [-0.2, -0.15) is 0 Å². The highest BCUT2D eigenvalue weighted by molar-refractivity contribution is 6.24. The lowest BCUT2D eigenvalue weighted by Crippen LogP contribution is -2.47. The standard InChI is InChI=1S/C19H15N3O6/c1-2-11-20-18(25)21(12-7-9-13(10-8-12)22(26)27)17(24)19(20)15-6-4-3-5-14(15)16(23)28-19/h3-10H,2,11H2,1H3. The molecule has 142 valence electrons. The van der Waals surface area contributed by atoms with Crippen molar-refractivity contribution in [1.29, 1.82) is 0 Å². The van der Waals surface area contributed by atoms with Crippen LogP contribution in [0.3, 0.4) is 0 Å². The van der Waals surface area contributed by atoms with Crippen LogP contribution in [-0.2, 0) is 15.3 Å². The van der Waals surface area contributed by atoms with Crippen LogP contribution in [0.1, 0.15) is 29.3 Å². The number of nitro groups is 1. The third-order valence-electron chi connectivity index (χ3n) is 4.81. The molecule has 2 heterocycles. The summed E-state index contributed by atoms with van der Waals surface area (Å²) in [6.45, 7) is 2.03. The summed E-state index contributed by atoms with van der Waals surface area (Å²) in [6, 6.07) is 10.9. The predicted octanol–water partition coefficient (Wildman–Crippen LogP) is 2.80. The van der Waals surface area contributed by atoms with Crippen molar-refractivity contribution < 1.29 is 24.0 Å². The fraction of sp³-hybridized carbons (Fsp3) is 0.211. The summed E-state index contributed by atoms with van der Waals surface area (Å²) in [5.74, 6) is -1.40. The first-order valence-electron chi connectivity index (χ1n) is 8.65. The second-order valence-electron chi connectivity index (χ2n) is 6.43. The fourth-order valence-electron chi connectivity index (χ4n) is 3.60. The van der Waals surface area contributed by atoms with Crippen molar-refractivity contribution >= 4 is 29.3 Å². The van der Waals surface area contributed by atoms with Crippen LogP contribution >= 0.6 is 0 Å². The van der Waals surface area contributed by atoms with Crippen molar-refractivity contribution in [3.8, 4) is 0 Å². The maximum atomic E-state index is 13.4. The van der Waals surface area contributed by atoms with E-state index in [9.17, 15) is 24.5 Å². The van der Waals surface area contributed by atoms with Crippen molar-refractivity contribution in [3.05, 3.63) is 69.8 Å². The zero-order chi connectivity index (χ0) is 20.1. The Bertz CT molecular complexity index is 1020. The van der Waals surface area contributed by atoms with Crippen molar-refractivity contribution in [3.63, 3.8) is 0 Å². The van der Waals surface area contributed by atoms with E-state index in [1.807, 2.05) is 6.92 Å². The Balaban J connectivity index is 1.85. The van der Waals surface area contributed by atoms with Gasteiger partial charge in [-0.05, 0) is 24.6 Å². The second kappa shape index (κ2) is 6.15. The first-order chi connectivity index (χ1) is 13.4. The number of urea groups is 1. The zero-order valence-corrected chi connectivity index (χ0v) is 14.8. The number of esters is 1. The van der Waals surface area contributed by atoms with Gasteiger partial charge in [0.25, 0.3) is 11.4 Å². The van der Waals surface area contributed by atoms with Crippen molar-refractivity contribution in [2.75, 3.05) is 11.4 Å². The number of hydrogen-bond donors (Lipinski definition) is 0. The number of non-ortho nitro benzene ring substituents is 1. The molecule has 2 aliphatic rings. The van der Waals surface area contributed by atoms with Gasteiger partial charge in [-0.3, -0.25) is 19.8 Å². The highest BCUT2D eigenvalue weighted by Crippen LogP contribution is 2.46. The van der Waals surface area contributed by atoms with E-state index in [1.165, 1.54) is 29.2 Å². The summed E-state index contributed by atoms with van der Waals surface area (Å²) in [5, 5.41) is 10.9. The molecular formula is C19H15N3O6. The first-order valence-corrected chi connectivity index (χ1v) is 8.65. The van der Waals surface area contributed by atoms with E-state index >= 15 is 0 Å². The second-order valence-corrected chi connectivity index (χ2v) is 6.43. The molecule has 1 fully saturated rings.